The lowest BCUT2D eigenvalue weighted by Crippen LogP contribution is -2.10. The van der Waals surface area contributed by atoms with Crippen LogP contribution in [0.3, 0.4) is 0 Å². The quantitative estimate of drug-likeness (QED) is 0.108. The van der Waals surface area contributed by atoms with E-state index in [2.05, 4.69) is 316 Å². The van der Waals surface area contributed by atoms with Gasteiger partial charge in [0.05, 0.1) is 0 Å². The van der Waals surface area contributed by atoms with Gasteiger partial charge in [0.2, 0.25) is 0 Å². The van der Waals surface area contributed by atoms with Crippen molar-refractivity contribution >= 4 is 23.2 Å². The normalized spacial score (nSPS) is 14.5. The molecule has 1 aliphatic carbocycles. The van der Waals surface area contributed by atoms with Crippen LogP contribution in [0.4, 0.5) is 4.39 Å². The fraction of sp³-hybridized carbons (Fsp3) is 0.600. The lowest BCUT2D eigenvalue weighted by atomic mass is 9.82. The predicted molar refractivity (Wildman–Crippen MR) is 421 cm³/mol. The Labute approximate surface area is 587 Å². The molecule has 0 unspecified atom stereocenters. The van der Waals surface area contributed by atoms with Gasteiger partial charge in [-0.2, -0.15) is 0 Å². The Morgan fingerprint density at radius 3 is 0.925 bits per heavy atom. The van der Waals surface area contributed by atoms with Crippen LogP contribution >= 0.6 is 23.2 Å². The molecule has 0 spiro atoms. The van der Waals surface area contributed by atoms with Gasteiger partial charge in [0.1, 0.15) is 5.82 Å². The zero-order valence-corrected chi connectivity index (χ0v) is 66.4. The van der Waals surface area contributed by atoms with E-state index in [1.807, 2.05) is 24.3 Å². The average Bonchev–Trinajstić information content (AvgIpc) is 1.67. The van der Waals surface area contributed by atoms with Gasteiger partial charge in [-0.25, -0.2) is 4.39 Å². The topological polar surface area (TPSA) is 0 Å². The van der Waals surface area contributed by atoms with Crippen molar-refractivity contribution in [1.82, 2.24) is 0 Å². The first-order valence-corrected chi connectivity index (χ1v) is 36.1. The summed E-state index contributed by atoms with van der Waals surface area (Å²) in [7, 11) is 0. The van der Waals surface area contributed by atoms with E-state index < -0.39 is 0 Å². The first-order chi connectivity index (χ1) is 41.9. The number of aryl methyl sites for hydroxylation is 3. The smallest absolute Gasteiger partial charge is 0.126 e. The zero-order chi connectivity index (χ0) is 70.8. The van der Waals surface area contributed by atoms with E-state index in [1.54, 1.807) is 13.0 Å². The molecule has 0 amide bonds. The van der Waals surface area contributed by atoms with Gasteiger partial charge in [0, 0.05) is 10.0 Å². The molecule has 1 aliphatic rings. The molecule has 93 heavy (non-hydrogen) atoms. The molecular weight excluding hydrogens is 1170 g/mol. The summed E-state index contributed by atoms with van der Waals surface area (Å²) in [5.41, 5.74) is 14.3. The van der Waals surface area contributed by atoms with Crippen molar-refractivity contribution in [2.75, 3.05) is 0 Å². The SMILES string of the molecule is C.CC(C)(C)CC1CC1.C[C@H](CC(C)(C)C)c1ccc(Cl)cc1.C[C@H](CC(C)(C)C)c1ccccc1.C[C@H](CC(C)(C)C)c1ccccc1.Cc1ccc([C@H](C)CC(C)(C)C)c(Cl)c1.Cc1ccc([C@H](C)CC(C)(C)C)cc1.Cc1ccc([C@H](C)CC(C)(C)C)cc1F. The van der Waals surface area contributed by atoms with Crippen molar-refractivity contribution in [2.45, 2.75) is 308 Å². The maximum Gasteiger partial charge on any atom is 0.126 e. The van der Waals surface area contributed by atoms with E-state index in [9.17, 15) is 4.39 Å². The van der Waals surface area contributed by atoms with Crippen LogP contribution in [-0.4, -0.2) is 0 Å². The standard InChI is InChI=1S/C14H21Cl.C14H21F.C14H22.C13H19Cl.2C13H20.C8H16.CH4/c1-10-6-7-12(13(15)8-10)11(2)9-14(3,4)5;1-10-6-7-12(8-13(10)15)11(2)9-14(3,4)5;1-11-6-8-13(9-7-11)12(2)10-14(3,4)5;1-10(9-13(2,3)4)11-5-7-12(14)8-6-11;2*1-11(10-13(2,3)4)12-8-6-5-7-9-12;1-8(2,3)6-7-4-5-7;/h2*6-8,11H,9H2,1-5H3;6-9,12H,10H2,1-5H3;5-8,10H,9H2,1-4H3;2*5-9,11H,10H2,1-4H3;7H,4-6H2,1-3H3;1H4/t2*11-;12-;10-;2*11-;;/m111111../s1. The van der Waals surface area contributed by atoms with Gasteiger partial charge >= 0.3 is 0 Å². The summed E-state index contributed by atoms with van der Waals surface area (Å²) >= 11 is 12.1. The second kappa shape index (κ2) is 40.5. The number of hydrogen-bond acceptors (Lipinski definition) is 0. The highest BCUT2D eigenvalue weighted by Gasteiger charge is 2.27. The Morgan fingerprint density at radius 1 is 0.344 bits per heavy atom. The molecule has 0 N–H and O–H groups in total. The van der Waals surface area contributed by atoms with Gasteiger partial charge in [-0.05, 0) is 214 Å². The molecule has 0 heterocycles. The predicted octanol–water partition coefficient (Wildman–Crippen LogP) is 31.2. The maximum absolute atomic E-state index is 13.4. The highest BCUT2D eigenvalue weighted by atomic mass is 35.5. The van der Waals surface area contributed by atoms with Crippen LogP contribution in [0.1, 0.15) is 338 Å². The van der Waals surface area contributed by atoms with Gasteiger partial charge in [-0.1, -0.05) is 357 Å². The molecular formula is C90H143Cl2F. The Kier molecular flexibility index (Phi) is 38.7. The van der Waals surface area contributed by atoms with E-state index in [0.29, 0.717) is 73.4 Å². The Hall–Kier alpha value is -4.17. The summed E-state index contributed by atoms with van der Waals surface area (Å²) < 4.78 is 13.4. The fourth-order valence-corrected chi connectivity index (χ4v) is 13.1. The Balaban J connectivity index is 0.00000107. The van der Waals surface area contributed by atoms with Crippen molar-refractivity contribution in [3.05, 3.63) is 212 Å². The molecule has 0 aromatic heterocycles. The molecule has 0 saturated heterocycles. The number of benzene rings is 6. The van der Waals surface area contributed by atoms with Crippen LogP contribution in [0.25, 0.3) is 0 Å². The number of rotatable bonds is 13. The molecule has 1 saturated carbocycles. The summed E-state index contributed by atoms with van der Waals surface area (Å²) in [6.45, 7) is 67.6. The van der Waals surface area contributed by atoms with Crippen molar-refractivity contribution in [3.8, 4) is 0 Å². The lowest BCUT2D eigenvalue weighted by molar-refractivity contribution is 0.348. The molecule has 0 radical (unpaired) electrons. The summed E-state index contributed by atoms with van der Waals surface area (Å²) in [4.78, 5) is 0. The molecule has 6 aromatic rings. The largest absolute Gasteiger partial charge is 0.207 e. The Morgan fingerprint density at radius 2 is 0.634 bits per heavy atom. The molecule has 7 rings (SSSR count). The second-order valence-corrected chi connectivity index (χ2v) is 37.4. The molecule has 6 aromatic carbocycles. The van der Waals surface area contributed by atoms with Gasteiger partial charge in [-0.3, -0.25) is 0 Å². The molecule has 0 aliphatic heterocycles. The lowest BCUT2D eigenvalue weighted by Gasteiger charge is -2.24. The summed E-state index contributed by atoms with van der Waals surface area (Å²) in [5, 5.41) is 1.73. The maximum atomic E-state index is 13.4. The van der Waals surface area contributed by atoms with Crippen LogP contribution in [0.5, 0.6) is 0 Å². The van der Waals surface area contributed by atoms with Crippen molar-refractivity contribution < 1.29 is 4.39 Å². The van der Waals surface area contributed by atoms with E-state index in [4.69, 9.17) is 23.2 Å². The summed E-state index contributed by atoms with van der Waals surface area (Å²) in [6.07, 6.45) is 11.6. The molecule has 3 heteroatoms. The van der Waals surface area contributed by atoms with Crippen molar-refractivity contribution in [3.63, 3.8) is 0 Å². The van der Waals surface area contributed by atoms with Crippen LogP contribution in [0.2, 0.25) is 10.0 Å². The minimum Gasteiger partial charge on any atom is -0.207 e. The average molecular weight is 1320 g/mol. The van der Waals surface area contributed by atoms with Crippen molar-refractivity contribution in [1.29, 1.82) is 0 Å². The highest BCUT2D eigenvalue weighted by Crippen LogP contribution is 2.40. The van der Waals surface area contributed by atoms with Crippen LogP contribution in [-0.2, 0) is 0 Å². The Bertz CT molecular complexity index is 2770. The first-order valence-electron chi connectivity index (χ1n) is 35.4. The van der Waals surface area contributed by atoms with Gasteiger partial charge in [0.25, 0.3) is 0 Å². The van der Waals surface area contributed by atoms with Gasteiger partial charge in [0.15, 0.2) is 0 Å². The molecule has 0 nitrogen and oxygen atoms in total. The number of halogens is 3. The first kappa shape index (κ1) is 88.8. The third-order valence-electron chi connectivity index (χ3n) is 16.4. The molecule has 6 atom stereocenters. The monoisotopic (exact) mass is 1310 g/mol. The molecule has 0 bridgehead atoms. The summed E-state index contributed by atoms with van der Waals surface area (Å²) in [6, 6.07) is 50.5. The van der Waals surface area contributed by atoms with Crippen molar-refractivity contribution in [2.24, 2.45) is 43.8 Å². The van der Waals surface area contributed by atoms with E-state index in [-0.39, 0.29) is 13.2 Å². The van der Waals surface area contributed by atoms with E-state index in [0.717, 1.165) is 39.9 Å². The minimum absolute atomic E-state index is 0. The van der Waals surface area contributed by atoms with Crippen LogP contribution in [0.15, 0.2) is 146 Å². The third kappa shape index (κ3) is 45.1. The van der Waals surface area contributed by atoms with Crippen LogP contribution in [0, 0.1) is 70.4 Å². The van der Waals surface area contributed by atoms with Crippen LogP contribution < -0.4 is 0 Å². The number of hydrogen-bond donors (Lipinski definition) is 0. The van der Waals surface area contributed by atoms with E-state index >= 15 is 0 Å². The molecule has 524 valence electrons. The third-order valence-corrected chi connectivity index (χ3v) is 17.0. The van der Waals surface area contributed by atoms with Gasteiger partial charge in [-0.15, -0.1) is 0 Å². The second-order valence-electron chi connectivity index (χ2n) is 36.5. The van der Waals surface area contributed by atoms with E-state index in [1.165, 1.54) is 83.9 Å². The molecule has 1 fully saturated rings. The minimum atomic E-state index is -0.0896. The fourth-order valence-electron chi connectivity index (χ4n) is 12.6. The van der Waals surface area contributed by atoms with Gasteiger partial charge < -0.3 is 0 Å². The highest BCUT2D eigenvalue weighted by molar-refractivity contribution is 6.31. The summed E-state index contributed by atoms with van der Waals surface area (Å²) in [5.74, 6) is 4.55. The zero-order valence-electron chi connectivity index (χ0n) is 64.9.